The molecule has 1 N–H and O–H groups in total. The zero-order valence-corrected chi connectivity index (χ0v) is 34.6. The van der Waals surface area contributed by atoms with Crippen LogP contribution in [-0.2, 0) is 47.6 Å². The summed E-state index contributed by atoms with van der Waals surface area (Å²) in [5, 5.41) is 9.54. The Hall–Kier alpha value is -2.93. The molecule has 0 radical (unpaired) electrons. The van der Waals surface area contributed by atoms with Crippen molar-refractivity contribution in [2.45, 2.75) is 163 Å². The highest BCUT2D eigenvalue weighted by Gasteiger charge is 2.23. The van der Waals surface area contributed by atoms with E-state index in [-0.39, 0.29) is 89.7 Å². The molecular weight excluding hydrogens is 698 g/mol. The third-order valence-corrected chi connectivity index (χ3v) is 8.38. The number of hydrogen-bond donors (Lipinski definition) is 1. The molecule has 0 aromatic rings. The van der Waals surface area contributed by atoms with Crippen molar-refractivity contribution in [3.63, 3.8) is 0 Å². The Labute approximate surface area is 325 Å². The molecule has 0 saturated heterocycles. The van der Waals surface area contributed by atoms with Gasteiger partial charge in [-0.1, -0.05) is 78.6 Å². The fourth-order valence-corrected chi connectivity index (χ4v) is 5.19. The molecule has 0 heterocycles. The maximum absolute atomic E-state index is 12.9. The van der Waals surface area contributed by atoms with E-state index >= 15 is 0 Å². The standard InChI is InChI=1S/C41H75NO12/c1-7-10-12-14-15-16-18-27-49-29-35(32-52-37(45)22-17-13-11-8-2)33-53-39(47)24-20-26-42(40(48)54-41(4,5)6)25-19-23-38(46)51-31-34(28-43)30-50-36(44)21-9-3/h34-35,43H,7-33H2,1-6H3. The highest BCUT2D eigenvalue weighted by molar-refractivity contribution is 5.71. The van der Waals surface area contributed by atoms with E-state index in [1.165, 1.54) is 37.0 Å². The smallest absolute Gasteiger partial charge is 0.410 e. The van der Waals surface area contributed by atoms with Gasteiger partial charge in [-0.3, -0.25) is 19.2 Å². The van der Waals surface area contributed by atoms with Crippen LogP contribution in [0.5, 0.6) is 0 Å². The molecule has 0 fully saturated rings. The normalized spacial score (nSPS) is 12.4. The number of ether oxygens (including phenoxy) is 6. The van der Waals surface area contributed by atoms with Crippen molar-refractivity contribution in [2.75, 3.05) is 59.3 Å². The number of amides is 1. The van der Waals surface area contributed by atoms with Crippen LogP contribution in [0.25, 0.3) is 0 Å². The Balaban J connectivity index is 4.91. The first-order chi connectivity index (χ1) is 25.8. The summed E-state index contributed by atoms with van der Waals surface area (Å²) < 4.78 is 32.9. The van der Waals surface area contributed by atoms with Gasteiger partial charge in [0.1, 0.15) is 5.60 Å². The van der Waals surface area contributed by atoms with Crippen molar-refractivity contribution in [2.24, 2.45) is 11.8 Å². The second-order valence-electron chi connectivity index (χ2n) is 15.1. The van der Waals surface area contributed by atoms with Gasteiger partial charge < -0.3 is 38.4 Å². The quantitative estimate of drug-likeness (QED) is 0.0385. The van der Waals surface area contributed by atoms with Gasteiger partial charge in [-0.2, -0.15) is 0 Å². The Kier molecular flexibility index (Phi) is 31.6. The highest BCUT2D eigenvalue weighted by Crippen LogP contribution is 2.14. The molecule has 2 unspecified atom stereocenters. The Morgan fingerprint density at radius 3 is 1.41 bits per heavy atom. The van der Waals surface area contributed by atoms with Crippen LogP contribution in [0.4, 0.5) is 4.79 Å². The van der Waals surface area contributed by atoms with E-state index in [2.05, 4.69) is 13.8 Å². The molecular formula is C41H75NO12. The molecule has 0 rings (SSSR count). The van der Waals surface area contributed by atoms with Crippen LogP contribution in [0.2, 0.25) is 0 Å². The van der Waals surface area contributed by atoms with Crippen LogP contribution < -0.4 is 0 Å². The van der Waals surface area contributed by atoms with Crippen molar-refractivity contribution in [3.8, 4) is 0 Å². The minimum atomic E-state index is -0.738. The molecule has 0 aromatic heterocycles. The minimum absolute atomic E-state index is 0.0147. The largest absolute Gasteiger partial charge is 0.465 e. The molecule has 0 bridgehead atoms. The summed E-state index contributed by atoms with van der Waals surface area (Å²) in [5.41, 5.74) is -0.738. The predicted molar refractivity (Wildman–Crippen MR) is 207 cm³/mol. The molecule has 0 aliphatic carbocycles. The lowest BCUT2D eigenvalue weighted by atomic mass is 10.1. The molecule has 2 atom stereocenters. The van der Waals surface area contributed by atoms with Gasteiger partial charge in [0.2, 0.25) is 0 Å². The number of aliphatic hydroxyl groups is 1. The minimum Gasteiger partial charge on any atom is -0.465 e. The molecule has 13 heteroatoms. The number of hydrogen-bond acceptors (Lipinski definition) is 12. The molecule has 13 nitrogen and oxygen atoms in total. The topological polar surface area (TPSA) is 164 Å². The molecule has 0 aliphatic heterocycles. The van der Waals surface area contributed by atoms with Crippen molar-refractivity contribution in [1.82, 2.24) is 4.90 Å². The number of carbonyl (C=O) groups excluding carboxylic acids is 5. The number of rotatable bonds is 34. The van der Waals surface area contributed by atoms with Crippen LogP contribution in [0.3, 0.4) is 0 Å². The molecule has 54 heavy (non-hydrogen) atoms. The summed E-state index contributed by atoms with van der Waals surface area (Å²) >= 11 is 0. The van der Waals surface area contributed by atoms with Gasteiger partial charge in [0.25, 0.3) is 0 Å². The lowest BCUT2D eigenvalue weighted by Crippen LogP contribution is -2.38. The van der Waals surface area contributed by atoms with Gasteiger partial charge in [-0.25, -0.2) is 4.79 Å². The molecule has 316 valence electrons. The van der Waals surface area contributed by atoms with E-state index in [4.69, 9.17) is 28.4 Å². The van der Waals surface area contributed by atoms with Gasteiger partial charge in [0.05, 0.1) is 51.5 Å². The monoisotopic (exact) mass is 774 g/mol. The Morgan fingerprint density at radius 1 is 0.519 bits per heavy atom. The van der Waals surface area contributed by atoms with Crippen LogP contribution in [0.15, 0.2) is 0 Å². The first-order valence-corrected chi connectivity index (χ1v) is 20.6. The Morgan fingerprint density at radius 2 is 0.944 bits per heavy atom. The SMILES string of the molecule is CCCCCCCCCOCC(COC(=O)CCCCCC)COC(=O)CCCN(CCCC(=O)OCC(CO)COC(=O)CCC)C(=O)OC(C)(C)C. The molecule has 0 aromatic carbocycles. The van der Waals surface area contributed by atoms with Crippen molar-refractivity contribution < 1.29 is 57.5 Å². The molecule has 0 spiro atoms. The summed E-state index contributed by atoms with van der Waals surface area (Å²) in [6, 6.07) is 0. The van der Waals surface area contributed by atoms with Gasteiger partial charge in [0, 0.05) is 45.4 Å². The maximum atomic E-state index is 12.9. The lowest BCUT2D eigenvalue weighted by Gasteiger charge is -2.27. The zero-order chi connectivity index (χ0) is 40.5. The van der Waals surface area contributed by atoms with Crippen molar-refractivity contribution in [3.05, 3.63) is 0 Å². The summed E-state index contributed by atoms with van der Waals surface area (Å²) in [6.45, 7) is 12.5. The number of unbranched alkanes of at least 4 members (excludes halogenated alkanes) is 9. The second-order valence-corrected chi connectivity index (χ2v) is 15.1. The van der Waals surface area contributed by atoms with Crippen LogP contribution in [0, 0.1) is 11.8 Å². The average molecular weight is 774 g/mol. The maximum Gasteiger partial charge on any atom is 0.410 e. The van der Waals surface area contributed by atoms with E-state index in [1.807, 2.05) is 6.92 Å². The lowest BCUT2D eigenvalue weighted by molar-refractivity contribution is -0.152. The van der Waals surface area contributed by atoms with Gasteiger partial charge in [-0.05, 0) is 52.9 Å². The van der Waals surface area contributed by atoms with Gasteiger partial charge in [0.15, 0.2) is 0 Å². The summed E-state index contributed by atoms with van der Waals surface area (Å²) in [4.78, 5) is 63.4. The third-order valence-electron chi connectivity index (χ3n) is 8.38. The van der Waals surface area contributed by atoms with Crippen LogP contribution in [0.1, 0.15) is 157 Å². The van der Waals surface area contributed by atoms with E-state index in [0.717, 1.165) is 38.5 Å². The van der Waals surface area contributed by atoms with Crippen LogP contribution in [-0.4, -0.2) is 105 Å². The van der Waals surface area contributed by atoms with E-state index < -0.39 is 29.6 Å². The van der Waals surface area contributed by atoms with Gasteiger partial charge in [-0.15, -0.1) is 0 Å². The van der Waals surface area contributed by atoms with E-state index in [0.29, 0.717) is 32.5 Å². The highest BCUT2D eigenvalue weighted by atomic mass is 16.6. The molecule has 0 saturated carbocycles. The van der Waals surface area contributed by atoms with E-state index in [1.54, 1.807) is 20.8 Å². The summed E-state index contributed by atoms with van der Waals surface area (Å²) in [5.74, 6) is -2.40. The Bertz CT molecular complexity index is 999. The second kappa shape index (κ2) is 33.4. The van der Waals surface area contributed by atoms with Crippen molar-refractivity contribution >= 4 is 30.0 Å². The first-order valence-electron chi connectivity index (χ1n) is 20.6. The van der Waals surface area contributed by atoms with E-state index in [9.17, 15) is 29.1 Å². The number of esters is 4. The number of carbonyl (C=O) groups is 5. The number of nitrogens with zero attached hydrogens (tertiary/aromatic N) is 1. The fraction of sp³-hybridized carbons (Fsp3) is 0.878. The summed E-state index contributed by atoms with van der Waals surface area (Å²) in [6.07, 6.45) is 13.6. The van der Waals surface area contributed by atoms with Crippen molar-refractivity contribution in [1.29, 1.82) is 0 Å². The summed E-state index contributed by atoms with van der Waals surface area (Å²) in [7, 11) is 0. The van der Waals surface area contributed by atoms with Gasteiger partial charge >= 0.3 is 30.0 Å². The average Bonchev–Trinajstić information content (AvgIpc) is 3.12. The first kappa shape index (κ1) is 51.1. The fourth-order valence-electron chi connectivity index (χ4n) is 5.19. The molecule has 1 amide bonds. The van der Waals surface area contributed by atoms with Crippen LogP contribution >= 0.6 is 0 Å². The zero-order valence-electron chi connectivity index (χ0n) is 34.6. The molecule has 0 aliphatic rings. The third kappa shape index (κ3) is 31.4. The predicted octanol–water partition coefficient (Wildman–Crippen LogP) is 7.72. The number of aliphatic hydroxyl groups excluding tert-OH is 1.